The Bertz CT molecular complexity index is 1510. The van der Waals surface area contributed by atoms with E-state index in [4.69, 9.17) is 197 Å². The van der Waals surface area contributed by atoms with E-state index in [-0.39, 0.29) is 11.1 Å². The predicted molar refractivity (Wildman–Crippen MR) is 211 cm³/mol. The van der Waals surface area contributed by atoms with Crippen LogP contribution in [0.3, 0.4) is 0 Å². The van der Waals surface area contributed by atoms with Gasteiger partial charge in [0.2, 0.25) is 8.13 Å². The molecular weight excluding hydrogens is 967 g/mol. The molecule has 1 N–H and O–H groups in total. The number of benzene rings is 3. The summed E-state index contributed by atoms with van der Waals surface area (Å²) in [6, 6.07) is 22.2. The third-order valence-electron chi connectivity index (χ3n) is 7.33. The average Bonchev–Trinajstić information content (AvgIpc) is 3.00. The fraction of sp³-hybridized carbons (Fsp3) is 0.379. The van der Waals surface area contributed by atoms with Gasteiger partial charge >= 0.3 is 0 Å². The Morgan fingerprint density at radius 2 is 0.809 bits per heavy atom. The molecule has 0 aliphatic rings. The summed E-state index contributed by atoms with van der Waals surface area (Å²) in [5.74, 6) is 0. The molecule has 0 heterocycles. The highest BCUT2D eigenvalue weighted by molar-refractivity contribution is 6.83. The van der Waals surface area contributed by atoms with E-state index in [9.17, 15) is 5.11 Å². The van der Waals surface area contributed by atoms with Crippen LogP contribution in [0.1, 0.15) is 34.7 Å². The molecule has 0 atom stereocenters. The fourth-order valence-electron chi connectivity index (χ4n) is 4.56. The van der Waals surface area contributed by atoms with Gasteiger partial charge in [0, 0.05) is 0 Å². The van der Waals surface area contributed by atoms with E-state index in [0.717, 1.165) is 0 Å². The van der Waals surface area contributed by atoms with E-state index >= 15 is 0 Å². The molecule has 0 saturated carbocycles. The summed E-state index contributed by atoms with van der Waals surface area (Å²) in [5, 5.41) is 12.7. The summed E-state index contributed by atoms with van der Waals surface area (Å²) >= 11 is 112. The second-order valence-electron chi connectivity index (χ2n) is 10.2. The highest BCUT2D eigenvalue weighted by Crippen LogP contribution is 2.73. The number of hydrogen-bond acceptors (Lipinski definition) is 1. The van der Waals surface area contributed by atoms with Gasteiger partial charge in [0.25, 0.3) is 0 Å². The van der Waals surface area contributed by atoms with Gasteiger partial charge < -0.3 is 5.11 Å². The SMILES string of the molecule is CCc1ccc(C(O)(c2ccccc2)c2ccccc2)c(C(Cl)(Cl)C(Cl)(Cl)C(Cl)(Cl)C(Cl)(Cl)C(Cl)(Cl)C(Cl)(Cl)C(Cl)(Cl)C(Cl)(Cl)Cl)c1. The van der Waals surface area contributed by atoms with Crippen LogP contribution >= 0.6 is 197 Å². The standard InChI is InChI=1S/C29H19Cl17O/c1-2-16-13-14-19(21(47,17-9-5-3-6-10-17)18-11-7-4-8-12-18)20(15-16)22(30,31)23(32,33)24(34,35)25(36,37)26(38,39)27(40,41)28(42,43)29(44,45)46/h3-15,47H,2H2,1H3. The van der Waals surface area contributed by atoms with E-state index in [1.165, 1.54) is 0 Å². The number of halogens is 17. The second kappa shape index (κ2) is 15.0. The van der Waals surface area contributed by atoms with Gasteiger partial charge in [-0.3, -0.25) is 0 Å². The summed E-state index contributed by atoms with van der Waals surface area (Å²) < 4.78 is -23.4. The van der Waals surface area contributed by atoms with Crippen molar-refractivity contribution >= 4 is 197 Å². The van der Waals surface area contributed by atoms with E-state index in [0.29, 0.717) is 23.1 Å². The number of aliphatic hydroxyl groups is 1. The Labute approximate surface area is 358 Å². The molecule has 0 bridgehead atoms. The summed E-state index contributed by atoms with van der Waals surface area (Å²) in [6.07, 6.45) is 0.476. The molecule has 18 heteroatoms. The van der Waals surface area contributed by atoms with Gasteiger partial charge in [-0.15, -0.1) is 0 Å². The van der Waals surface area contributed by atoms with Crippen molar-refractivity contribution in [2.75, 3.05) is 0 Å². The van der Waals surface area contributed by atoms with Crippen LogP contribution in [0.5, 0.6) is 0 Å². The maximum Gasteiger partial charge on any atom is 0.226 e. The van der Waals surface area contributed by atoms with Crippen LogP contribution in [0, 0.1) is 0 Å². The zero-order chi connectivity index (χ0) is 36.3. The quantitative estimate of drug-likeness (QED) is 0.150. The van der Waals surface area contributed by atoms with Crippen molar-refractivity contribution in [1.82, 2.24) is 0 Å². The molecule has 0 spiro atoms. The predicted octanol–water partition coefficient (Wildman–Crippen LogP) is 14.6. The lowest BCUT2D eigenvalue weighted by Crippen LogP contribution is -2.69. The van der Waals surface area contributed by atoms with Gasteiger partial charge in [-0.1, -0.05) is 283 Å². The Balaban J connectivity index is 2.37. The molecule has 0 aliphatic heterocycles. The molecule has 0 amide bonds. The molecule has 0 unspecified atom stereocenters. The molecule has 0 radical (unpaired) electrons. The third kappa shape index (κ3) is 7.24. The average molecular weight is 986 g/mol. The van der Waals surface area contributed by atoms with Gasteiger partial charge in [0.05, 0.1) is 0 Å². The van der Waals surface area contributed by atoms with Gasteiger partial charge in [-0.2, -0.15) is 0 Å². The zero-order valence-electron chi connectivity index (χ0n) is 23.1. The van der Waals surface area contributed by atoms with Crippen molar-refractivity contribution in [1.29, 1.82) is 0 Å². The highest BCUT2D eigenvalue weighted by Gasteiger charge is 2.81. The third-order valence-corrected chi connectivity index (χ3v) is 18.9. The number of aryl methyl sites for hydroxylation is 1. The number of hydrogen-bond donors (Lipinski definition) is 1. The van der Waals surface area contributed by atoms with Gasteiger partial charge in [-0.05, 0) is 34.2 Å². The second-order valence-corrected chi connectivity index (χ2v) is 21.8. The topological polar surface area (TPSA) is 20.2 Å². The first-order chi connectivity index (χ1) is 21.1. The summed E-state index contributed by atoms with van der Waals surface area (Å²) in [7, 11) is 0. The van der Waals surface area contributed by atoms with E-state index < -0.39 is 39.7 Å². The molecule has 0 aromatic heterocycles. The zero-order valence-corrected chi connectivity index (χ0v) is 35.9. The molecular formula is C29H19Cl17O. The summed E-state index contributed by atoms with van der Waals surface area (Å²) in [5.41, 5.74) is -0.354. The molecule has 0 fully saturated rings. The Kier molecular flexibility index (Phi) is 14.0. The Morgan fingerprint density at radius 3 is 1.17 bits per heavy atom. The Morgan fingerprint density at radius 1 is 0.447 bits per heavy atom. The Hall–Kier alpha value is 2.55. The smallest absolute Gasteiger partial charge is 0.226 e. The van der Waals surface area contributed by atoms with Crippen molar-refractivity contribution in [3.05, 3.63) is 107 Å². The first kappa shape index (κ1) is 44.0. The van der Waals surface area contributed by atoms with Crippen LogP contribution in [-0.4, -0.2) is 34.9 Å². The fourth-order valence-corrected chi connectivity index (χ4v) is 9.87. The number of rotatable bonds is 11. The largest absolute Gasteiger partial charge is 0.376 e. The molecule has 1 nitrogen and oxygen atoms in total. The maximum absolute atomic E-state index is 12.7. The van der Waals surface area contributed by atoms with Gasteiger partial charge in [0.1, 0.15) is 5.60 Å². The molecule has 3 aromatic carbocycles. The van der Waals surface area contributed by atoms with Crippen LogP contribution in [0.2, 0.25) is 0 Å². The highest BCUT2D eigenvalue weighted by atomic mass is 35.6. The van der Waals surface area contributed by atoms with Crippen LogP contribution in [0.25, 0.3) is 0 Å². The molecule has 0 saturated heterocycles. The van der Waals surface area contributed by atoms with E-state index in [1.54, 1.807) is 78.9 Å². The number of alkyl halides is 17. The van der Waals surface area contributed by atoms with Crippen molar-refractivity contribution in [3.8, 4) is 0 Å². The van der Waals surface area contributed by atoms with Crippen LogP contribution in [-0.2, 0) is 16.4 Å². The van der Waals surface area contributed by atoms with Crippen molar-refractivity contribution in [3.63, 3.8) is 0 Å². The van der Waals surface area contributed by atoms with Gasteiger partial charge in [-0.25, -0.2) is 0 Å². The van der Waals surface area contributed by atoms with E-state index in [2.05, 4.69) is 0 Å². The van der Waals surface area contributed by atoms with Gasteiger partial charge in [0.15, 0.2) is 26.0 Å². The molecule has 3 rings (SSSR count). The molecule has 3 aromatic rings. The lowest BCUT2D eigenvalue weighted by molar-refractivity contribution is 0.124. The molecule has 260 valence electrons. The van der Waals surface area contributed by atoms with Crippen molar-refractivity contribution in [2.45, 2.75) is 53.1 Å². The van der Waals surface area contributed by atoms with Crippen molar-refractivity contribution < 1.29 is 5.11 Å². The van der Waals surface area contributed by atoms with Crippen LogP contribution < -0.4 is 0 Å². The monoisotopic (exact) mass is 978 g/mol. The normalized spacial score (nSPS) is 14.8. The first-order valence-corrected chi connectivity index (χ1v) is 19.2. The van der Waals surface area contributed by atoms with E-state index in [1.807, 2.05) is 6.92 Å². The lowest BCUT2D eigenvalue weighted by atomic mass is 9.76. The minimum Gasteiger partial charge on any atom is -0.376 e. The molecule has 47 heavy (non-hydrogen) atoms. The first-order valence-electron chi connectivity index (χ1n) is 12.8. The van der Waals surface area contributed by atoms with Crippen molar-refractivity contribution in [2.24, 2.45) is 0 Å². The lowest BCUT2D eigenvalue weighted by Gasteiger charge is -2.54. The minimum absolute atomic E-state index is 0.0710. The van der Waals surface area contributed by atoms with Crippen LogP contribution in [0.4, 0.5) is 0 Å². The minimum atomic E-state index is -3.13. The maximum atomic E-state index is 12.7. The summed E-state index contributed by atoms with van der Waals surface area (Å²) in [6.45, 7) is 1.86. The van der Waals surface area contributed by atoms with Crippen LogP contribution in [0.15, 0.2) is 78.9 Å². The molecule has 0 aliphatic carbocycles. The summed E-state index contributed by atoms with van der Waals surface area (Å²) in [4.78, 5) is 0.